The van der Waals surface area contributed by atoms with E-state index in [2.05, 4.69) is 15.5 Å². The lowest BCUT2D eigenvalue weighted by atomic mass is 10.2. The van der Waals surface area contributed by atoms with Crippen LogP contribution in [0.25, 0.3) is 11.4 Å². The Morgan fingerprint density at radius 1 is 1.28 bits per heavy atom. The van der Waals surface area contributed by atoms with E-state index in [1.165, 1.54) is 0 Å². The molecule has 0 radical (unpaired) electrons. The molecule has 1 heterocycles. The van der Waals surface area contributed by atoms with E-state index in [0.29, 0.717) is 11.7 Å². The predicted molar refractivity (Wildman–Crippen MR) is 68.5 cm³/mol. The number of nitrogens with zero attached hydrogens (tertiary/aromatic N) is 2. The predicted octanol–water partition coefficient (Wildman–Crippen LogP) is 1.90. The second kappa shape index (κ2) is 6.16. The summed E-state index contributed by atoms with van der Waals surface area (Å²) in [7, 11) is 3.57. The first-order valence-corrected chi connectivity index (χ1v) is 5.95. The fourth-order valence-electron chi connectivity index (χ4n) is 1.63. The molecule has 0 aliphatic rings. The molecule has 2 aromatic rings. The summed E-state index contributed by atoms with van der Waals surface area (Å²) < 4.78 is 10.3. The van der Waals surface area contributed by atoms with Gasteiger partial charge in [0.25, 0.3) is 0 Å². The summed E-state index contributed by atoms with van der Waals surface area (Å²) in [5.74, 6) is 2.12. The van der Waals surface area contributed by atoms with Crippen LogP contribution in [0, 0.1) is 0 Å². The molecule has 2 rings (SSSR count). The topological polar surface area (TPSA) is 60.2 Å². The Balaban J connectivity index is 2.04. The second-order valence-electron chi connectivity index (χ2n) is 3.95. The van der Waals surface area contributed by atoms with Crippen molar-refractivity contribution in [2.75, 3.05) is 20.7 Å². The van der Waals surface area contributed by atoms with Crippen LogP contribution >= 0.6 is 0 Å². The van der Waals surface area contributed by atoms with Gasteiger partial charge >= 0.3 is 0 Å². The molecule has 5 nitrogen and oxygen atoms in total. The summed E-state index contributed by atoms with van der Waals surface area (Å²) >= 11 is 0. The Kier molecular flexibility index (Phi) is 4.30. The van der Waals surface area contributed by atoms with Crippen molar-refractivity contribution in [3.63, 3.8) is 0 Å². The highest BCUT2D eigenvalue weighted by atomic mass is 16.5. The third kappa shape index (κ3) is 3.07. The zero-order valence-electron chi connectivity index (χ0n) is 10.6. The molecule has 0 bridgehead atoms. The molecule has 0 unspecified atom stereocenters. The SMILES string of the molecule is CNCCCc1nc(-c2ccc(OC)cc2)no1. The Labute approximate surface area is 106 Å². The number of aromatic nitrogens is 2. The first kappa shape index (κ1) is 12.6. The van der Waals surface area contributed by atoms with E-state index in [1.54, 1.807) is 7.11 Å². The van der Waals surface area contributed by atoms with Crippen LogP contribution in [0.2, 0.25) is 0 Å². The average molecular weight is 247 g/mol. The van der Waals surface area contributed by atoms with Crippen molar-refractivity contribution in [1.29, 1.82) is 0 Å². The van der Waals surface area contributed by atoms with Gasteiger partial charge in [-0.1, -0.05) is 5.16 Å². The average Bonchev–Trinajstić information content (AvgIpc) is 2.88. The summed E-state index contributed by atoms with van der Waals surface area (Å²) in [6, 6.07) is 7.60. The Morgan fingerprint density at radius 3 is 2.72 bits per heavy atom. The van der Waals surface area contributed by atoms with E-state index < -0.39 is 0 Å². The minimum atomic E-state index is 0.622. The summed E-state index contributed by atoms with van der Waals surface area (Å²) in [4.78, 5) is 4.36. The van der Waals surface area contributed by atoms with Crippen molar-refractivity contribution < 1.29 is 9.26 Å². The fourth-order valence-corrected chi connectivity index (χ4v) is 1.63. The minimum absolute atomic E-state index is 0.622. The first-order chi connectivity index (χ1) is 8.83. The van der Waals surface area contributed by atoms with Gasteiger partial charge in [0.2, 0.25) is 11.7 Å². The molecule has 0 atom stereocenters. The first-order valence-electron chi connectivity index (χ1n) is 5.95. The highest BCUT2D eigenvalue weighted by Crippen LogP contribution is 2.19. The third-order valence-corrected chi connectivity index (χ3v) is 2.63. The van der Waals surface area contributed by atoms with Crippen LogP contribution < -0.4 is 10.1 Å². The van der Waals surface area contributed by atoms with E-state index >= 15 is 0 Å². The second-order valence-corrected chi connectivity index (χ2v) is 3.95. The molecular weight excluding hydrogens is 230 g/mol. The van der Waals surface area contributed by atoms with E-state index in [4.69, 9.17) is 9.26 Å². The van der Waals surface area contributed by atoms with Gasteiger partial charge in [0.1, 0.15) is 5.75 Å². The normalized spacial score (nSPS) is 10.6. The summed E-state index contributed by atoms with van der Waals surface area (Å²) in [5, 5.41) is 7.06. The summed E-state index contributed by atoms with van der Waals surface area (Å²) in [6.45, 7) is 0.945. The number of ether oxygens (including phenoxy) is 1. The smallest absolute Gasteiger partial charge is 0.227 e. The van der Waals surface area contributed by atoms with Gasteiger partial charge in [0, 0.05) is 12.0 Å². The molecule has 18 heavy (non-hydrogen) atoms. The van der Waals surface area contributed by atoms with Crippen LogP contribution in [-0.2, 0) is 6.42 Å². The molecule has 1 aromatic heterocycles. The lowest BCUT2D eigenvalue weighted by molar-refractivity contribution is 0.375. The highest BCUT2D eigenvalue weighted by Gasteiger charge is 2.08. The number of hydrogen-bond acceptors (Lipinski definition) is 5. The maximum Gasteiger partial charge on any atom is 0.227 e. The number of methoxy groups -OCH3 is 1. The quantitative estimate of drug-likeness (QED) is 0.790. The van der Waals surface area contributed by atoms with Crippen LogP contribution in [0.4, 0.5) is 0 Å². The van der Waals surface area contributed by atoms with Gasteiger partial charge in [0.05, 0.1) is 7.11 Å². The lowest BCUT2D eigenvalue weighted by Gasteiger charge is -1.98. The van der Waals surface area contributed by atoms with Crippen LogP contribution in [0.1, 0.15) is 12.3 Å². The van der Waals surface area contributed by atoms with Crippen LogP contribution in [-0.4, -0.2) is 30.8 Å². The van der Waals surface area contributed by atoms with Gasteiger partial charge in [0.15, 0.2) is 0 Å². The van der Waals surface area contributed by atoms with Crippen LogP contribution in [0.3, 0.4) is 0 Å². The van der Waals surface area contributed by atoms with Gasteiger partial charge < -0.3 is 14.6 Å². The zero-order chi connectivity index (χ0) is 12.8. The van der Waals surface area contributed by atoms with E-state index in [0.717, 1.165) is 30.7 Å². The van der Waals surface area contributed by atoms with Crippen LogP contribution in [0.15, 0.2) is 28.8 Å². The molecule has 1 aromatic carbocycles. The van der Waals surface area contributed by atoms with Gasteiger partial charge in [-0.05, 0) is 44.3 Å². The Morgan fingerprint density at radius 2 is 2.06 bits per heavy atom. The van der Waals surface area contributed by atoms with Gasteiger partial charge in [-0.25, -0.2) is 0 Å². The van der Waals surface area contributed by atoms with E-state index in [1.807, 2.05) is 31.3 Å². The molecule has 0 fully saturated rings. The Bertz CT molecular complexity index is 479. The molecule has 0 spiro atoms. The third-order valence-electron chi connectivity index (χ3n) is 2.63. The van der Waals surface area contributed by atoms with Gasteiger partial charge in [-0.15, -0.1) is 0 Å². The van der Waals surface area contributed by atoms with Gasteiger partial charge in [-0.2, -0.15) is 4.98 Å². The van der Waals surface area contributed by atoms with Crippen molar-refractivity contribution >= 4 is 0 Å². The van der Waals surface area contributed by atoms with Crippen molar-refractivity contribution in [1.82, 2.24) is 15.5 Å². The maximum atomic E-state index is 5.20. The Hall–Kier alpha value is -1.88. The number of rotatable bonds is 6. The van der Waals surface area contributed by atoms with E-state index in [-0.39, 0.29) is 0 Å². The number of nitrogens with one attached hydrogen (secondary N) is 1. The number of aryl methyl sites for hydroxylation is 1. The molecule has 0 amide bonds. The summed E-state index contributed by atoms with van der Waals surface area (Å²) in [5.41, 5.74) is 0.930. The van der Waals surface area contributed by atoms with E-state index in [9.17, 15) is 0 Å². The molecule has 1 N–H and O–H groups in total. The molecule has 0 saturated carbocycles. The molecule has 0 aliphatic carbocycles. The number of hydrogen-bond donors (Lipinski definition) is 1. The largest absolute Gasteiger partial charge is 0.497 e. The van der Waals surface area contributed by atoms with Gasteiger partial charge in [-0.3, -0.25) is 0 Å². The van der Waals surface area contributed by atoms with Crippen LogP contribution in [0.5, 0.6) is 5.75 Å². The van der Waals surface area contributed by atoms with Crippen molar-refractivity contribution in [2.45, 2.75) is 12.8 Å². The fraction of sp³-hybridized carbons (Fsp3) is 0.385. The highest BCUT2D eigenvalue weighted by molar-refractivity contribution is 5.55. The minimum Gasteiger partial charge on any atom is -0.497 e. The molecule has 5 heteroatoms. The number of benzene rings is 1. The maximum absolute atomic E-state index is 5.20. The lowest BCUT2D eigenvalue weighted by Crippen LogP contribution is -2.08. The standard InChI is InChI=1S/C13H17N3O2/c1-14-9-3-4-12-15-13(16-18-12)10-5-7-11(17-2)8-6-10/h5-8,14H,3-4,9H2,1-2H3. The zero-order valence-corrected chi connectivity index (χ0v) is 10.6. The molecule has 96 valence electrons. The monoisotopic (exact) mass is 247 g/mol. The summed E-state index contributed by atoms with van der Waals surface area (Å²) in [6.07, 6.45) is 1.78. The van der Waals surface area contributed by atoms with Crippen molar-refractivity contribution in [3.05, 3.63) is 30.2 Å². The van der Waals surface area contributed by atoms with Crippen molar-refractivity contribution in [3.8, 4) is 17.1 Å². The molecule has 0 aliphatic heterocycles. The molecule has 0 saturated heterocycles. The van der Waals surface area contributed by atoms with Crippen molar-refractivity contribution in [2.24, 2.45) is 0 Å². The molecular formula is C13H17N3O2.